The Labute approximate surface area is 59.9 Å². The van der Waals surface area contributed by atoms with Crippen LogP contribution in [0.1, 0.15) is 13.3 Å². The third kappa shape index (κ3) is 1.46. The summed E-state index contributed by atoms with van der Waals surface area (Å²) in [7, 11) is -3.64. The van der Waals surface area contributed by atoms with E-state index in [1.165, 1.54) is 0 Å². The third-order valence-corrected chi connectivity index (χ3v) is 2.33. The Morgan fingerprint density at radius 1 is 1.70 bits per heavy atom. The molecule has 5 nitrogen and oxygen atoms in total. The Balaban J connectivity index is 2.74. The van der Waals surface area contributed by atoms with Crippen molar-refractivity contribution in [1.82, 2.24) is 4.47 Å². The molecule has 0 amide bonds. The van der Waals surface area contributed by atoms with Gasteiger partial charge in [0.05, 0.1) is 12.6 Å². The molecular formula is C4H10N2O3S. The van der Waals surface area contributed by atoms with E-state index in [2.05, 4.69) is 0 Å². The number of nitrogens with two attached hydrogens (primary N) is 1. The smallest absolute Gasteiger partial charge is 0.283 e. The van der Waals surface area contributed by atoms with E-state index in [0.29, 0.717) is 13.0 Å². The molecule has 60 valence electrons. The first kappa shape index (κ1) is 7.93. The Kier molecular flexibility index (Phi) is 1.95. The van der Waals surface area contributed by atoms with Gasteiger partial charge in [0.1, 0.15) is 0 Å². The van der Waals surface area contributed by atoms with E-state index >= 15 is 0 Å². The van der Waals surface area contributed by atoms with Gasteiger partial charge in [-0.15, -0.1) is 0 Å². The highest BCUT2D eigenvalue weighted by atomic mass is 32.2. The molecule has 0 saturated carbocycles. The molecule has 0 spiro atoms. The van der Waals surface area contributed by atoms with E-state index < -0.39 is 10.2 Å². The van der Waals surface area contributed by atoms with Crippen LogP contribution in [-0.2, 0) is 15.0 Å². The molecule has 1 saturated heterocycles. The minimum absolute atomic E-state index is 0.130. The summed E-state index contributed by atoms with van der Waals surface area (Å²) in [6.45, 7) is 2.18. The maximum absolute atomic E-state index is 10.6. The Morgan fingerprint density at radius 2 is 2.30 bits per heavy atom. The average molecular weight is 166 g/mol. The fourth-order valence-corrected chi connectivity index (χ4v) is 1.70. The van der Waals surface area contributed by atoms with Gasteiger partial charge in [0.25, 0.3) is 10.2 Å². The lowest BCUT2D eigenvalue weighted by atomic mass is 10.3. The highest BCUT2D eigenvalue weighted by Gasteiger charge is 2.29. The van der Waals surface area contributed by atoms with Gasteiger partial charge >= 0.3 is 0 Å². The van der Waals surface area contributed by atoms with Crippen LogP contribution in [0.5, 0.6) is 0 Å². The zero-order chi connectivity index (χ0) is 7.78. The molecule has 6 heteroatoms. The Hall–Kier alpha value is -0.170. The lowest BCUT2D eigenvalue weighted by Gasteiger charge is -2.14. The van der Waals surface area contributed by atoms with Crippen molar-refractivity contribution in [2.45, 2.75) is 19.4 Å². The molecule has 2 N–H and O–H groups in total. The normalized spacial score (nSPS) is 29.2. The van der Waals surface area contributed by atoms with Gasteiger partial charge in [0.2, 0.25) is 0 Å². The molecule has 10 heavy (non-hydrogen) atoms. The van der Waals surface area contributed by atoms with Crippen LogP contribution in [0.3, 0.4) is 0 Å². The summed E-state index contributed by atoms with van der Waals surface area (Å²) in [5, 5.41) is 4.80. The van der Waals surface area contributed by atoms with Gasteiger partial charge in [0, 0.05) is 0 Å². The molecule has 1 aliphatic heterocycles. The molecule has 0 aliphatic carbocycles. The summed E-state index contributed by atoms with van der Waals surface area (Å²) in [5.41, 5.74) is 0. The van der Waals surface area contributed by atoms with Crippen molar-refractivity contribution in [1.29, 1.82) is 0 Å². The first-order valence-electron chi connectivity index (χ1n) is 2.97. The molecule has 1 aliphatic rings. The predicted molar refractivity (Wildman–Crippen MR) is 35.0 cm³/mol. The predicted octanol–water partition coefficient (Wildman–Crippen LogP) is -0.784. The second-order valence-corrected chi connectivity index (χ2v) is 3.66. The van der Waals surface area contributed by atoms with E-state index in [9.17, 15) is 8.42 Å². The van der Waals surface area contributed by atoms with Crippen LogP contribution < -0.4 is 5.14 Å². The molecule has 1 rings (SSSR count). The topological polar surface area (TPSA) is 72.6 Å². The number of rotatable bonds is 1. The lowest BCUT2D eigenvalue weighted by molar-refractivity contribution is -0.0458. The van der Waals surface area contributed by atoms with Gasteiger partial charge in [-0.3, -0.25) is 4.84 Å². The van der Waals surface area contributed by atoms with Crippen LogP contribution in [0.4, 0.5) is 0 Å². The van der Waals surface area contributed by atoms with E-state index in [4.69, 9.17) is 9.98 Å². The van der Waals surface area contributed by atoms with Crippen LogP contribution in [0.2, 0.25) is 0 Å². The van der Waals surface area contributed by atoms with Crippen LogP contribution in [0, 0.1) is 0 Å². The van der Waals surface area contributed by atoms with Crippen molar-refractivity contribution in [2.75, 3.05) is 6.61 Å². The van der Waals surface area contributed by atoms with Gasteiger partial charge in [0.15, 0.2) is 0 Å². The number of hydrogen-bond donors (Lipinski definition) is 1. The van der Waals surface area contributed by atoms with Gasteiger partial charge in [-0.05, 0) is 13.3 Å². The van der Waals surface area contributed by atoms with Crippen molar-refractivity contribution < 1.29 is 13.3 Å². The van der Waals surface area contributed by atoms with E-state index in [1.807, 2.05) is 0 Å². The van der Waals surface area contributed by atoms with Gasteiger partial charge in [-0.2, -0.15) is 8.42 Å². The van der Waals surface area contributed by atoms with Gasteiger partial charge in [-0.25, -0.2) is 5.14 Å². The van der Waals surface area contributed by atoms with E-state index in [0.717, 1.165) is 4.47 Å². The van der Waals surface area contributed by atoms with Crippen LogP contribution >= 0.6 is 0 Å². The maximum Gasteiger partial charge on any atom is 0.299 e. The largest absolute Gasteiger partial charge is 0.299 e. The number of nitrogens with zero attached hydrogens (tertiary/aromatic N) is 1. The summed E-state index contributed by atoms with van der Waals surface area (Å²) in [5.74, 6) is 0. The Bertz CT molecular complexity index is 213. The summed E-state index contributed by atoms with van der Waals surface area (Å²) in [6.07, 6.45) is 0.705. The molecule has 0 aromatic heterocycles. The zero-order valence-corrected chi connectivity index (χ0v) is 6.47. The highest BCUT2D eigenvalue weighted by Crippen LogP contribution is 2.15. The molecule has 1 unspecified atom stereocenters. The standard InChI is InChI=1S/C4H10N2O3S/c1-4-2-3-9-6(4)10(5,7)8/h4H,2-3H2,1H3,(H2,5,7,8). The summed E-state index contributed by atoms with van der Waals surface area (Å²) < 4.78 is 22.1. The quantitative estimate of drug-likeness (QED) is 0.555. The first-order chi connectivity index (χ1) is 4.52. The van der Waals surface area contributed by atoms with Crippen molar-refractivity contribution >= 4 is 10.2 Å². The third-order valence-electron chi connectivity index (χ3n) is 1.36. The molecule has 0 aromatic carbocycles. The fourth-order valence-electron chi connectivity index (χ4n) is 0.870. The van der Waals surface area contributed by atoms with Crippen molar-refractivity contribution in [3.8, 4) is 0 Å². The monoisotopic (exact) mass is 166 g/mol. The van der Waals surface area contributed by atoms with Crippen molar-refractivity contribution in [3.05, 3.63) is 0 Å². The van der Waals surface area contributed by atoms with Gasteiger partial charge < -0.3 is 0 Å². The van der Waals surface area contributed by atoms with Crippen LogP contribution in [0.25, 0.3) is 0 Å². The lowest BCUT2D eigenvalue weighted by Crippen LogP contribution is -2.37. The van der Waals surface area contributed by atoms with Crippen molar-refractivity contribution in [3.63, 3.8) is 0 Å². The van der Waals surface area contributed by atoms with E-state index in [1.54, 1.807) is 6.92 Å². The molecule has 1 heterocycles. The van der Waals surface area contributed by atoms with Crippen LogP contribution in [-0.4, -0.2) is 25.5 Å². The SMILES string of the molecule is CC1CCON1S(N)(=O)=O. The van der Waals surface area contributed by atoms with Crippen molar-refractivity contribution in [2.24, 2.45) is 5.14 Å². The number of hydroxylamine groups is 1. The van der Waals surface area contributed by atoms with Gasteiger partial charge in [-0.1, -0.05) is 4.47 Å². The second kappa shape index (κ2) is 2.46. The Morgan fingerprint density at radius 3 is 2.50 bits per heavy atom. The van der Waals surface area contributed by atoms with E-state index in [-0.39, 0.29) is 6.04 Å². The maximum atomic E-state index is 10.6. The molecule has 1 fully saturated rings. The molecular weight excluding hydrogens is 156 g/mol. The zero-order valence-electron chi connectivity index (χ0n) is 5.65. The highest BCUT2D eigenvalue weighted by molar-refractivity contribution is 7.86. The minimum Gasteiger partial charge on any atom is -0.283 e. The molecule has 0 aromatic rings. The van der Waals surface area contributed by atoms with Crippen LogP contribution in [0.15, 0.2) is 0 Å². The first-order valence-corrected chi connectivity index (χ1v) is 4.47. The summed E-state index contributed by atoms with van der Waals surface area (Å²) in [6, 6.07) is -0.130. The number of hydrogen-bond acceptors (Lipinski definition) is 3. The summed E-state index contributed by atoms with van der Waals surface area (Å²) >= 11 is 0. The molecule has 0 bridgehead atoms. The molecule has 1 atom stereocenters. The summed E-state index contributed by atoms with van der Waals surface area (Å²) in [4.78, 5) is 4.75. The average Bonchev–Trinajstić information content (AvgIpc) is 2.11. The molecule has 0 radical (unpaired) electrons. The fraction of sp³-hybridized carbons (Fsp3) is 1.00. The second-order valence-electron chi connectivity index (χ2n) is 2.27. The minimum atomic E-state index is -3.64.